The number of hydrogen-bond acceptors (Lipinski definition) is 4. The van der Waals surface area contributed by atoms with Gasteiger partial charge in [-0.05, 0) is 91.3 Å². The molecule has 2 N–H and O–H groups in total. The minimum atomic E-state index is -0.565. The summed E-state index contributed by atoms with van der Waals surface area (Å²) in [6, 6.07) is 0. The lowest BCUT2D eigenvalue weighted by atomic mass is 9.43. The second kappa shape index (κ2) is 7.82. The van der Waals surface area contributed by atoms with Crippen LogP contribution >= 0.6 is 0 Å². The Bertz CT molecular complexity index is 620. The molecule has 10 atom stereocenters. The summed E-state index contributed by atoms with van der Waals surface area (Å²) in [6.45, 7) is 7.18. The molecule has 4 saturated carbocycles. The maximum absolute atomic E-state index is 11.6. The van der Waals surface area contributed by atoms with E-state index in [1.807, 2.05) is 0 Å². The van der Waals surface area contributed by atoms with Gasteiger partial charge < -0.3 is 14.9 Å². The molecule has 0 amide bonds. The van der Waals surface area contributed by atoms with Gasteiger partial charge in [0.05, 0.1) is 19.3 Å². The molecule has 29 heavy (non-hydrogen) atoms. The summed E-state index contributed by atoms with van der Waals surface area (Å²) in [7, 11) is 1.47. The molecule has 4 heteroatoms. The van der Waals surface area contributed by atoms with E-state index in [9.17, 15) is 15.0 Å². The third kappa shape index (κ3) is 3.28. The Kier molecular flexibility index (Phi) is 5.83. The Morgan fingerprint density at radius 3 is 2.41 bits per heavy atom. The second-order valence-corrected chi connectivity index (χ2v) is 11.5. The highest BCUT2D eigenvalue weighted by Crippen LogP contribution is 2.68. The van der Waals surface area contributed by atoms with Crippen molar-refractivity contribution in [1.82, 2.24) is 0 Å². The average Bonchev–Trinajstić information content (AvgIpc) is 3.06. The quantitative estimate of drug-likeness (QED) is 0.671. The van der Waals surface area contributed by atoms with E-state index in [0.717, 1.165) is 19.3 Å². The van der Waals surface area contributed by atoms with Crippen LogP contribution in [0.1, 0.15) is 85.0 Å². The molecule has 4 fully saturated rings. The molecular formula is C25H42O4. The summed E-state index contributed by atoms with van der Waals surface area (Å²) in [5, 5.41) is 22.4. The minimum absolute atomic E-state index is 0.109. The highest BCUT2D eigenvalue weighted by Gasteiger charge is 2.64. The molecule has 4 rings (SSSR count). The van der Waals surface area contributed by atoms with E-state index < -0.39 is 12.2 Å². The molecular weight excluding hydrogens is 364 g/mol. The molecule has 0 radical (unpaired) electrons. The van der Waals surface area contributed by atoms with E-state index in [1.54, 1.807) is 0 Å². The van der Waals surface area contributed by atoms with Crippen molar-refractivity contribution in [3.05, 3.63) is 0 Å². The van der Waals surface area contributed by atoms with Gasteiger partial charge in [0.2, 0.25) is 0 Å². The molecule has 4 aliphatic carbocycles. The van der Waals surface area contributed by atoms with E-state index in [4.69, 9.17) is 4.74 Å². The van der Waals surface area contributed by atoms with Gasteiger partial charge >= 0.3 is 5.97 Å². The fourth-order valence-corrected chi connectivity index (χ4v) is 8.94. The fraction of sp³-hybridized carbons (Fsp3) is 0.960. The number of esters is 1. The Morgan fingerprint density at radius 2 is 1.69 bits per heavy atom. The molecule has 4 nitrogen and oxygen atoms in total. The Hall–Kier alpha value is -0.610. The van der Waals surface area contributed by atoms with Crippen molar-refractivity contribution in [1.29, 1.82) is 0 Å². The standard InChI is InChI=1S/C25H42O4/c1-15(8-11-20(26)29-4)16-9-10-17-21-18(12-14-25(16,17)3)24(2)13-6-5-7-19(24)22(27)23(21)28/h15-19,21-23,27-28H,5-14H2,1-4H3/t15-,16+,17+,18-,19-,21-,22+,23-,24+,25+/m0/s1. The van der Waals surface area contributed by atoms with Gasteiger partial charge in [0.15, 0.2) is 0 Å². The molecule has 0 aromatic rings. The lowest BCUT2D eigenvalue weighted by Crippen LogP contribution is -2.63. The predicted octanol–water partition coefficient (Wildman–Crippen LogP) is 4.57. The van der Waals surface area contributed by atoms with Crippen LogP contribution < -0.4 is 0 Å². The second-order valence-electron chi connectivity index (χ2n) is 11.5. The van der Waals surface area contributed by atoms with Crippen molar-refractivity contribution in [3.63, 3.8) is 0 Å². The van der Waals surface area contributed by atoms with E-state index in [0.29, 0.717) is 30.1 Å². The summed E-state index contributed by atoms with van der Waals surface area (Å²) in [6.07, 6.45) is 9.80. The van der Waals surface area contributed by atoms with Crippen LogP contribution in [0, 0.1) is 46.3 Å². The lowest BCUT2D eigenvalue weighted by Gasteiger charge is -2.63. The van der Waals surface area contributed by atoms with Gasteiger partial charge in [-0.25, -0.2) is 0 Å². The first-order chi connectivity index (χ1) is 13.7. The van der Waals surface area contributed by atoms with Gasteiger partial charge in [-0.2, -0.15) is 0 Å². The van der Waals surface area contributed by atoms with Crippen molar-refractivity contribution >= 4 is 5.97 Å². The van der Waals surface area contributed by atoms with E-state index in [1.165, 1.54) is 45.6 Å². The number of carbonyl (C=O) groups is 1. The highest BCUT2D eigenvalue weighted by molar-refractivity contribution is 5.69. The minimum Gasteiger partial charge on any atom is -0.469 e. The summed E-state index contributed by atoms with van der Waals surface area (Å²) in [4.78, 5) is 11.6. The first-order valence-corrected chi connectivity index (χ1v) is 12.2. The third-order valence-corrected chi connectivity index (χ3v) is 10.5. The zero-order valence-corrected chi connectivity index (χ0v) is 18.9. The number of fused-ring (bicyclic) bond motifs is 5. The van der Waals surface area contributed by atoms with Crippen LogP contribution in [0.2, 0.25) is 0 Å². The fourth-order valence-electron chi connectivity index (χ4n) is 8.94. The number of aliphatic hydroxyl groups excluding tert-OH is 2. The maximum Gasteiger partial charge on any atom is 0.305 e. The highest BCUT2D eigenvalue weighted by atomic mass is 16.5. The van der Waals surface area contributed by atoms with Crippen molar-refractivity contribution in [2.45, 2.75) is 97.2 Å². The average molecular weight is 407 g/mol. The van der Waals surface area contributed by atoms with Crippen LogP contribution in [0.25, 0.3) is 0 Å². The van der Waals surface area contributed by atoms with Crippen LogP contribution in [0.5, 0.6) is 0 Å². The van der Waals surface area contributed by atoms with Gasteiger partial charge in [0.1, 0.15) is 0 Å². The number of hydrogen-bond donors (Lipinski definition) is 2. The molecule has 0 aliphatic heterocycles. The molecule has 0 aromatic carbocycles. The van der Waals surface area contributed by atoms with Crippen molar-refractivity contribution in [2.24, 2.45) is 46.3 Å². The number of carbonyl (C=O) groups excluding carboxylic acids is 1. The van der Waals surface area contributed by atoms with Gasteiger partial charge in [0.25, 0.3) is 0 Å². The summed E-state index contributed by atoms with van der Waals surface area (Å²) >= 11 is 0. The van der Waals surface area contributed by atoms with E-state index in [-0.39, 0.29) is 28.6 Å². The van der Waals surface area contributed by atoms with Crippen LogP contribution in [-0.4, -0.2) is 35.5 Å². The van der Waals surface area contributed by atoms with Crippen LogP contribution in [0.15, 0.2) is 0 Å². The van der Waals surface area contributed by atoms with Gasteiger partial charge in [-0.15, -0.1) is 0 Å². The third-order valence-electron chi connectivity index (χ3n) is 10.5. The first-order valence-electron chi connectivity index (χ1n) is 12.2. The topological polar surface area (TPSA) is 66.8 Å². The van der Waals surface area contributed by atoms with E-state index >= 15 is 0 Å². The number of aliphatic hydroxyl groups is 2. The van der Waals surface area contributed by atoms with Gasteiger partial charge in [-0.1, -0.05) is 33.6 Å². The number of rotatable bonds is 4. The van der Waals surface area contributed by atoms with Gasteiger partial charge in [0, 0.05) is 6.42 Å². The van der Waals surface area contributed by atoms with Crippen LogP contribution in [0.3, 0.4) is 0 Å². The normalized spacial score (nSPS) is 50.2. The molecule has 0 saturated heterocycles. The van der Waals surface area contributed by atoms with Crippen molar-refractivity contribution in [2.75, 3.05) is 7.11 Å². The predicted molar refractivity (Wildman–Crippen MR) is 113 cm³/mol. The van der Waals surface area contributed by atoms with Crippen molar-refractivity contribution < 1.29 is 19.7 Å². The van der Waals surface area contributed by atoms with Gasteiger partial charge in [-0.3, -0.25) is 4.79 Å². The molecule has 0 aromatic heterocycles. The molecule has 0 spiro atoms. The SMILES string of the molecule is COC(=O)CC[C@H](C)[C@H]1CC[C@@H]2[C@@H]3[C@H](O)[C@H](O)[C@@H]4CCCC[C@]4(C)[C@H]3CC[C@@]21C. The number of ether oxygens (including phenoxy) is 1. The summed E-state index contributed by atoms with van der Waals surface area (Å²) in [5.41, 5.74) is 0.409. The summed E-state index contributed by atoms with van der Waals surface area (Å²) < 4.78 is 4.85. The maximum atomic E-state index is 11.6. The smallest absolute Gasteiger partial charge is 0.305 e. The molecule has 4 aliphatic rings. The molecule has 0 bridgehead atoms. The number of methoxy groups -OCH3 is 1. The zero-order chi connectivity index (χ0) is 21.0. The van der Waals surface area contributed by atoms with E-state index in [2.05, 4.69) is 20.8 Å². The summed E-state index contributed by atoms with van der Waals surface area (Å²) in [5.74, 6) is 2.53. The zero-order valence-electron chi connectivity index (χ0n) is 18.9. The Labute approximate surface area is 176 Å². The Morgan fingerprint density at radius 1 is 0.966 bits per heavy atom. The molecule has 166 valence electrons. The Balaban J connectivity index is 1.56. The monoisotopic (exact) mass is 406 g/mol. The van der Waals surface area contributed by atoms with Crippen molar-refractivity contribution in [3.8, 4) is 0 Å². The largest absolute Gasteiger partial charge is 0.469 e. The first kappa shape index (κ1) is 21.6. The van der Waals surface area contributed by atoms with Crippen LogP contribution in [-0.2, 0) is 9.53 Å². The molecule has 0 unspecified atom stereocenters. The van der Waals surface area contributed by atoms with Crippen LogP contribution in [0.4, 0.5) is 0 Å². The molecule has 0 heterocycles. The lowest BCUT2D eigenvalue weighted by molar-refractivity contribution is -0.215.